The van der Waals surface area contributed by atoms with Crippen LogP contribution in [0.2, 0.25) is 5.02 Å². The van der Waals surface area contributed by atoms with Crippen LogP contribution in [0, 0.1) is 0 Å². The molecule has 0 unspecified atom stereocenters. The van der Waals surface area contributed by atoms with Gasteiger partial charge in [-0.25, -0.2) is 4.79 Å². The fraction of sp³-hybridized carbons (Fsp3) is 0.364. The largest absolute Gasteiger partial charge is 0.462 e. The van der Waals surface area contributed by atoms with Gasteiger partial charge >= 0.3 is 5.97 Å². The van der Waals surface area contributed by atoms with Gasteiger partial charge in [0.25, 0.3) is 0 Å². The second-order valence-electron chi connectivity index (χ2n) is 2.38. The first-order chi connectivity index (χ1) is 7.13. The van der Waals surface area contributed by atoms with Crippen molar-refractivity contribution >= 4 is 33.5 Å². The SMILES string of the molecule is CC.CCOC(=O)c1cc(Cl)cc(Br)c1. The quantitative estimate of drug-likeness (QED) is 0.760. The monoisotopic (exact) mass is 292 g/mol. The molecular formula is C11H14BrClO2. The van der Waals surface area contributed by atoms with Gasteiger partial charge in [0.1, 0.15) is 0 Å². The Morgan fingerprint density at radius 2 is 2.00 bits per heavy atom. The molecule has 0 aliphatic heterocycles. The van der Waals surface area contributed by atoms with E-state index in [-0.39, 0.29) is 5.97 Å². The molecule has 0 bridgehead atoms. The number of ether oxygens (including phenoxy) is 1. The number of rotatable bonds is 2. The highest BCUT2D eigenvalue weighted by Crippen LogP contribution is 2.19. The molecule has 0 radical (unpaired) electrons. The van der Waals surface area contributed by atoms with Crippen LogP contribution < -0.4 is 0 Å². The lowest BCUT2D eigenvalue weighted by Gasteiger charge is -2.02. The van der Waals surface area contributed by atoms with Crippen molar-refractivity contribution in [3.05, 3.63) is 33.3 Å². The smallest absolute Gasteiger partial charge is 0.338 e. The minimum Gasteiger partial charge on any atom is -0.462 e. The zero-order valence-corrected chi connectivity index (χ0v) is 11.4. The van der Waals surface area contributed by atoms with Gasteiger partial charge in [0, 0.05) is 9.50 Å². The average Bonchev–Trinajstić information content (AvgIpc) is 2.20. The molecule has 1 aromatic rings. The summed E-state index contributed by atoms with van der Waals surface area (Å²) in [5.74, 6) is -0.356. The molecule has 4 heteroatoms. The predicted octanol–water partition coefficient (Wildman–Crippen LogP) is 4.31. The van der Waals surface area contributed by atoms with Gasteiger partial charge in [-0.3, -0.25) is 0 Å². The lowest BCUT2D eigenvalue weighted by molar-refractivity contribution is 0.0526. The molecule has 0 aliphatic rings. The molecular weight excluding hydrogens is 279 g/mol. The van der Waals surface area contributed by atoms with Crippen molar-refractivity contribution in [2.75, 3.05) is 6.61 Å². The lowest BCUT2D eigenvalue weighted by atomic mass is 10.2. The Morgan fingerprint density at radius 3 is 2.47 bits per heavy atom. The first kappa shape index (κ1) is 14.5. The highest BCUT2D eigenvalue weighted by Gasteiger charge is 2.07. The molecule has 0 aliphatic carbocycles. The number of hydrogen-bond donors (Lipinski definition) is 0. The Hall–Kier alpha value is -0.540. The van der Waals surface area contributed by atoms with Crippen LogP contribution in [-0.2, 0) is 4.74 Å². The third-order valence-electron chi connectivity index (χ3n) is 1.37. The Bertz CT molecular complexity index is 306. The molecule has 1 aromatic carbocycles. The Labute approximate surface area is 104 Å². The minimum absolute atomic E-state index is 0.356. The zero-order valence-electron chi connectivity index (χ0n) is 9.01. The van der Waals surface area contributed by atoms with Crippen molar-refractivity contribution in [2.45, 2.75) is 20.8 Å². The molecule has 0 aromatic heterocycles. The summed E-state index contributed by atoms with van der Waals surface area (Å²) >= 11 is 9.00. The van der Waals surface area contributed by atoms with Crippen molar-refractivity contribution in [1.29, 1.82) is 0 Å². The molecule has 0 amide bonds. The molecule has 0 N–H and O–H groups in total. The summed E-state index contributed by atoms with van der Waals surface area (Å²) < 4.78 is 5.59. The van der Waals surface area contributed by atoms with E-state index in [1.54, 1.807) is 25.1 Å². The fourth-order valence-corrected chi connectivity index (χ4v) is 1.75. The molecule has 0 atom stereocenters. The van der Waals surface area contributed by atoms with Gasteiger partial charge in [0.05, 0.1) is 12.2 Å². The Balaban J connectivity index is 0.000000921. The van der Waals surface area contributed by atoms with E-state index in [1.807, 2.05) is 13.8 Å². The van der Waals surface area contributed by atoms with Gasteiger partial charge in [-0.2, -0.15) is 0 Å². The standard InChI is InChI=1S/C9H8BrClO2.C2H6/c1-2-13-9(12)6-3-7(10)5-8(11)4-6;1-2/h3-5H,2H2,1H3;1-2H3. The first-order valence-electron chi connectivity index (χ1n) is 4.76. The summed E-state index contributed by atoms with van der Waals surface area (Å²) in [5.41, 5.74) is 0.459. The van der Waals surface area contributed by atoms with Crippen molar-refractivity contribution in [1.82, 2.24) is 0 Å². The molecule has 1 rings (SSSR count). The number of carbonyl (C=O) groups is 1. The number of halogens is 2. The van der Waals surface area contributed by atoms with Crippen LogP contribution in [0.25, 0.3) is 0 Å². The maximum atomic E-state index is 11.2. The number of carbonyl (C=O) groups excluding carboxylic acids is 1. The summed E-state index contributed by atoms with van der Waals surface area (Å²) in [6, 6.07) is 4.96. The fourth-order valence-electron chi connectivity index (χ4n) is 0.886. The van der Waals surface area contributed by atoms with E-state index in [1.165, 1.54) is 0 Å². The van der Waals surface area contributed by atoms with E-state index in [0.717, 1.165) is 4.47 Å². The highest BCUT2D eigenvalue weighted by molar-refractivity contribution is 9.10. The second-order valence-corrected chi connectivity index (χ2v) is 3.73. The maximum absolute atomic E-state index is 11.2. The van der Waals surface area contributed by atoms with Gasteiger partial charge in [0.15, 0.2) is 0 Å². The summed E-state index contributed by atoms with van der Waals surface area (Å²) in [7, 11) is 0. The van der Waals surface area contributed by atoms with Crippen molar-refractivity contribution in [3.8, 4) is 0 Å². The average molecular weight is 294 g/mol. The van der Waals surface area contributed by atoms with Crippen LogP contribution in [0.3, 0.4) is 0 Å². The summed E-state index contributed by atoms with van der Waals surface area (Å²) in [5, 5.41) is 0.512. The second kappa shape index (κ2) is 7.71. The Morgan fingerprint density at radius 1 is 1.40 bits per heavy atom. The number of benzene rings is 1. The lowest BCUT2D eigenvalue weighted by Crippen LogP contribution is -2.04. The van der Waals surface area contributed by atoms with Gasteiger partial charge in [-0.15, -0.1) is 0 Å². The molecule has 84 valence electrons. The number of esters is 1. The molecule has 0 heterocycles. The van der Waals surface area contributed by atoms with Crippen LogP contribution >= 0.6 is 27.5 Å². The van der Waals surface area contributed by atoms with E-state index < -0.39 is 0 Å². The van der Waals surface area contributed by atoms with Crippen molar-refractivity contribution < 1.29 is 9.53 Å². The summed E-state index contributed by atoms with van der Waals surface area (Å²) in [6.45, 7) is 6.13. The molecule has 0 fully saturated rings. The zero-order chi connectivity index (χ0) is 11.8. The van der Waals surface area contributed by atoms with Crippen LogP contribution in [-0.4, -0.2) is 12.6 Å². The van der Waals surface area contributed by atoms with Crippen LogP contribution in [0.15, 0.2) is 22.7 Å². The Kier molecular flexibility index (Phi) is 7.44. The topological polar surface area (TPSA) is 26.3 Å². The van der Waals surface area contributed by atoms with Gasteiger partial charge in [0.2, 0.25) is 0 Å². The van der Waals surface area contributed by atoms with Gasteiger partial charge in [-0.1, -0.05) is 41.4 Å². The molecule has 15 heavy (non-hydrogen) atoms. The van der Waals surface area contributed by atoms with Gasteiger partial charge < -0.3 is 4.74 Å². The minimum atomic E-state index is -0.356. The summed E-state index contributed by atoms with van der Waals surface area (Å²) in [4.78, 5) is 11.2. The normalized spacial score (nSPS) is 8.87. The maximum Gasteiger partial charge on any atom is 0.338 e. The van der Waals surface area contributed by atoms with Crippen molar-refractivity contribution in [2.24, 2.45) is 0 Å². The van der Waals surface area contributed by atoms with Crippen molar-refractivity contribution in [3.63, 3.8) is 0 Å². The van der Waals surface area contributed by atoms with Crippen LogP contribution in [0.1, 0.15) is 31.1 Å². The van der Waals surface area contributed by atoms with E-state index >= 15 is 0 Å². The van der Waals surface area contributed by atoms with Crippen LogP contribution in [0.5, 0.6) is 0 Å². The van der Waals surface area contributed by atoms with E-state index in [4.69, 9.17) is 16.3 Å². The molecule has 0 spiro atoms. The van der Waals surface area contributed by atoms with Gasteiger partial charge in [-0.05, 0) is 25.1 Å². The predicted molar refractivity (Wildman–Crippen MR) is 66.5 cm³/mol. The van der Waals surface area contributed by atoms with E-state index in [0.29, 0.717) is 17.2 Å². The third-order valence-corrected chi connectivity index (χ3v) is 2.05. The molecule has 0 saturated carbocycles. The third kappa shape index (κ3) is 5.19. The molecule has 2 nitrogen and oxygen atoms in total. The van der Waals surface area contributed by atoms with Crippen LogP contribution in [0.4, 0.5) is 0 Å². The first-order valence-corrected chi connectivity index (χ1v) is 5.94. The number of hydrogen-bond acceptors (Lipinski definition) is 2. The molecule has 0 saturated heterocycles. The highest BCUT2D eigenvalue weighted by atomic mass is 79.9. The van der Waals surface area contributed by atoms with E-state index in [2.05, 4.69) is 15.9 Å². The van der Waals surface area contributed by atoms with E-state index in [9.17, 15) is 4.79 Å². The summed E-state index contributed by atoms with van der Waals surface area (Å²) in [6.07, 6.45) is 0.